The SMILES string of the molecule is COc1cccc(COc2ccnc3sc(C(N)=O)c(N)c23)c1. The summed E-state index contributed by atoms with van der Waals surface area (Å²) in [7, 11) is 1.61. The van der Waals surface area contributed by atoms with Gasteiger partial charge in [0.25, 0.3) is 5.91 Å². The molecular formula is C16H15N3O3S. The molecule has 2 aromatic heterocycles. The van der Waals surface area contributed by atoms with Gasteiger partial charge in [-0.05, 0) is 23.8 Å². The summed E-state index contributed by atoms with van der Waals surface area (Å²) in [6.45, 7) is 0.345. The largest absolute Gasteiger partial charge is 0.497 e. The van der Waals surface area contributed by atoms with Gasteiger partial charge in [-0.1, -0.05) is 12.1 Å². The minimum absolute atomic E-state index is 0.296. The molecule has 0 atom stereocenters. The topological polar surface area (TPSA) is 100 Å². The van der Waals surface area contributed by atoms with Crippen molar-refractivity contribution in [3.05, 3.63) is 47.0 Å². The molecule has 0 aliphatic heterocycles. The van der Waals surface area contributed by atoms with Crippen LogP contribution in [0.4, 0.5) is 5.69 Å². The molecule has 1 aromatic carbocycles. The Morgan fingerprint density at radius 3 is 2.91 bits per heavy atom. The van der Waals surface area contributed by atoms with E-state index in [2.05, 4.69) is 4.98 Å². The number of hydrogen-bond donors (Lipinski definition) is 2. The smallest absolute Gasteiger partial charge is 0.260 e. The summed E-state index contributed by atoms with van der Waals surface area (Å²) >= 11 is 1.16. The van der Waals surface area contributed by atoms with Crippen LogP contribution in [-0.2, 0) is 6.61 Å². The second-order valence-electron chi connectivity index (χ2n) is 4.84. The van der Waals surface area contributed by atoms with Crippen LogP contribution in [0.2, 0.25) is 0 Å². The second kappa shape index (κ2) is 6.13. The Morgan fingerprint density at radius 2 is 2.17 bits per heavy atom. The van der Waals surface area contributed by atoms with Crippen molar-refractivity contribution in [2.75, 3.05) is 12.8 Å². The number of anilines is 1. The average Bonchev–Trinajstić information content (AvgIpc) is 2.91. The van der Waals surface area contributed by atoms with E-state index >= 15 is 0 Å². The molecule has 0 saturated heterocycles. The highest BCUT2D eigenvalue weighted by Crippen LogP contribution is 2.38. The Hall–Kier alpha value is -2.80. The van der Waals surface area contributed by atoms with Gasteiger partial charge < -0.3 is 20.9 Å². The minimum atomic E-state index is -0.566. The van der Waals surface area contributed by atoms with E-state index < -0.39 is 5.91 Å². The van der Waals surface area contributed by atoms with Crippen LogP contribution in [0.5, 0.6) is 11.5 Å². The lowest BCUT2D eigenvalue weighted by molar-refractivity contribution is 0.100. The van der Waals surface area contributed by atoms with Crippen molar-refractivity contribution in [2.45, 2.75) is 6.61 Å². The van der Waals surface area contributed by atoms with Crippen molar-refractivity contribution in [2.24, 2.45) is 5.73 Å². The minimum Gasteiger partial charge on any atom is -0.497 e. The van der Waals surface area contributed by atoms with Gasteiger partial charge in [0, 0.05) is 6.20 Å². The highest BCUT2D eigenvalue weighted by atomic mass is 32.1. The van der Waals surface area contributed by atoms with Crippen LogP contribution in [0.25, 0.3) is 10.2 Å². The number of aromatic nitrogens is 1. The van der Waals surface area contributed by atoms with E-state index in [1.165, 1.54) is 0 Å². The number of rotatable bonds is 5. The van der Waals surface area contributed by atoms with Crippen LogP contribution in [0.15, 0.2) is 36.5 Å². The molecule has 0 bridgehead atoms. The molecule has 0 fully saturated rings. The number of thiophene rings is 1. The van der Waals surface area contributed by atoms with Crippen LogP contribution >= 0.6 is 11.3 Å². The second-order valence-corrected chi connectivity index (χ2v) is 5.84. The van der Waals surface area contributed by atoms with E-state index in [9.17, 15) is 4.79 Å². The molecule has 0 radical (unpaired) electrons. The van der Waals surface area contributed by atoms with Crippen LogP contribution in [0.1, 0.15) is 15.2 Å². The summed E-state index contributed by atoms with van der Waals surface area (Å²) < 4.78 is 11.0. The predicted molar refractivity (Wildman–Crippen MR) is 89.9 cm³/mol. The van der Waals surface area contributed by atoms with Crippen LogP contribution < -0.4 is 20.9 Å². The maximum absolute atomic E-state index is 11.4. The van der Waals surface area contributed by atoms with E-state index in [1.807, 2.05) is 24.3 Å². The third kappa shape index (κ3) is 2.91. The molecule has 0 aliphatic rings. The van der Waals surface area contributed by atoms with E-state index in [1.54, 1.807) is 19.4 Å². The lowest BCUT2D eigenvalue weighted by atomic mass is 10.2. The predicted octanol–water partition coefficient (Wildman–Crippen LogP) is 2.57. The zero-order chi connectivity index (χ0) is 16.4. The van der Waals surface area contributed by atoms with Crippen molar-refractivity contribution in [1.82, 2.24) is 4.98 Å². The Bertz CT molecular complexity index is 876. The fourth-order valence-electron chi connectivity index (χ4n) is 2.24. The highest BCUT2D eigenvalue weighted by molar-refractivity contribution is 7.21. The number of nitrogens with zero attached hydrogens (tertiary/aromatic N) is 1. The van der Waals surface area contributed by atoms with Crippen LogP contribution in [0, 0.1) is 0 Å². The number of nitrogen functional groups attached to an aromatic ring is 1. The van der Waals surface area contributed by atoms with E-state index in [0.29, 0.717) is 33.1 Å². The van der Waals surface area contributed by atoms with Gasteiger partial charge in [-0.25, -0.2) is 4.98 Å². The molecule has 6 nitrogen and oxygen atoms in total. The van der Waals surface area contributed by atoms with Crippen molar-refractivity contribution in [3.63, 3.8) is 0 Å². The van der Waals surface area contributed by atoms with E-state index in [-0.39, 0.29) is 0 Å². The lowest BCUT2D eigenvalue weighted by Crippen LogP contribution is -2.10. The van der Waals surface area contributed by atoms with Gasteiger partial charge in [-0.15, -0.1) is 11.3 Å². The number of nitrogens with two attached hydrogens (primary N) is 2. The van der Waals surface area contributed by atoms with Crippen molar-refractivity contribution in [1.29, 1.82) is 0 Å². The number of primary amides is 1. The maximum atomic E-state index is 11.4. The molecule has 3 aromatic rings. The lowest BCUT2D eigenvalue weighted by Gasteiger charge is -2.09. The molecule has 0 spiro atoms. The highest BCUT2D eigenvalue weighted by Gasteiger charge is 2.18. The summed E-state index contributed by atoms with van der Waals surface area (Å²) in [4.78, 5) is 16.6. The third-order valence-corrected chi connectivity index (χ3v) is 4.47. The maximum Gasteiger partial charge on any atom is 0.260 e. The Labute approximate surface area is 136 Å². The summed E-state index contributed by atoms with van der Waals surface area (Å²) in [5.74, 6) is 0.764. The summed E-state index contributed by atoms with van der Waals surface area (Å²) in [6, 6.07) is 9.31. The monoisotopic (exact) mass is 329 g/mol. The van der Waals surface area contributed by atoms with Gasteiger partial charge >= 0.3 is 0 Å². The molecule has 1 amide bonds. The normalized spacial score (nSPS) is 10.7. The van der Waals surface area contributed by atoms with Crippen LogP contribution in [0.3, 0.4) is 0 Å². The Balaban J connectivity index is 1.92. The molecular weight excluding hydrogens is 314 g/mol. The molecule has 23 heavy (non-hydrogen) atoms. The third-order valence-electron chi connectivity index (χ3n) is 3.34. The number of amides is 1. The number of ether oxygens (including phenoxy) is 2. The molecule has 7 heteroatoms. The zero-order valence-corrected chi connectivity index (χ0v) is 13.2. The number of fused-ring (bicyclic) bond motifs is 1. The first-order chi connectivity index (χ1) is 11.1. The van der Waals surface area contributed by atoms with Crippen LogP contribution in [-0.4, -0.2) is 18.0 Å². The molecule has 0 aliphatic carbocycles. The van der Waals surface area contributed by atoms with Crippen molar-refractivity contribution >= 4 is 33.1 Å². The summed E-state index contributed by atoms with van der Waals surface area (Å²) in [6.07, 6.45) is 1.62. The van der Waals surface area contributed by atoms with Gasteiger partial charge in [-0.3, -0.25) is 4.79 Å². The Kier molecular flexibility index (Phi) is 4.03. The van der Waals surface area contributed by atoms with Gasteiger partial charge in [0.1, 0.15) is 27.8 Å². The van der Waals surface area contributed by atoms with Gasteiger partial charge in [-0.2, -0.15) is 0 Å². The van der Waals surface area contributed by atoms with E-state index in [0.717, 1.165) is 22.6 Å². The summed E-state index contributed by atoms with van der Waals surface area (Å²) in [5, 5.41) is 0.620. The average molecular weight is 329 g/mol. The number of carbonyl (C=O) groups excluding carboxylic acids is 1. The Morgan fingerprint density at radius 1 is 1.35 bits per heavy atom. The van der Waals surface area contributed by atoms with E-state index in [4.69, 9.17) is 20.9 Å². The summed E-state index contributed by atoms with van der Waals surface area (Å²) in [5.41, 5.74) is 12.6. The first-order valence-electron chi connectivity index (χ1n) is 6.82. The molecule has 118 valence electrons. The first kappa shape index (κ1) is 15.1. The standard InChI is InChI=1S/C16H15N3O3S/c1-21-10-4-2-3-9(7-10)8-22-11-5-6-19-16-12(11)13(17)14(23-16)15(18)20/h2-7H,8,17H2,1H3,(H2,18,20). The quantitative estimate of drug-likeness (QED) is 0.749. The van der Waals surface area contributed by atoms with Gasteiger partial charge in [0.15, 0.2) is 0 Å². The van der Waals surface area contributed by atoms with Crippen molar-refractivity contribution in [3.8, 4) is 11.5 Å². The molecule has 3 rings (SSSR count). The number of methoxy groups -OCH3 is 1. The first-order valence-corrected chi connectivity index (χ1v) is 7.64. The van der Waals surface area contributed by atoms with Gasteiger partial charge in [0.05, 0.1) is 18.2 Å². The fourth-order valence-corrected chi connectivity index (χ4v) is 3.18. The molecule has 2 heterocycles. The number of hydrogen-bond acceptors (Lipinski definition) is 6. The molecule has 4 N–H and O–H groups in total. The van der Waals surface area contributed by atoms with Gasteiger partial charge in [0.2, 0.25) is 0 Å². The number of carbonyl (C=O) groups is 1. The number of pyridine rings is 1. The zero-order valence-electron chi connectivity index (χ0n) is 12.4. The van der Waals surface area contributed by atoms with Crippen molar-refractivity contribution < 1.29 is 14.3 Å². The molecule has 0 saturated carbocycles. The fraction of sp³-hybridized carbons (Fsp3) is 0.125. The number of benzene rings is 1. The molecule has 0 unspecified atom stereocenters.